The molecule has 31 heavy (non-hydrogen) atoms. The van der Waals surface area contributed by atoms with Crippen molar-refractivity contribution < 1.29 is 18.7 Å². The summed E-state index contributed by atoms with van der Waals surface area (Å²) in [6, 6.07) is 13.8. The van der Waals surface area contributed by atoms with E-state index in [1.165, 1.54) is 12.1 Å². The minimum atomic E-state index is -0.474. The predicted molar refractivity (Wildman–Crippen MR) is 116 cm³/mol. The highest BCUT2D eigenvalue weighted by molar-refractivity contribution is 6.30. The molecule has 0 bridgehead atoms. The summed E-state index contributed by atoms with van der Waals surface area (Å²) in [5.74, 6) is 0.0400. The van der Waals surface area contributed by atoms with Gasteiger partial charge in [-0.1, -0.05) is 23.7 Å². The second kappa shape index (κ2) is 8.09. The standard InChI is InChI=1S/C24H22ClFN2O3/c25-20-12-16(7-8-21(20)26)31-17-13-24(30-14-17)9-3-11-28(15-24)23(29)19-4-1-6-22-18(19)5-2-10-27-22/h1-2,4-8,10,12,17H,3,9,11,13-15H2/t17-,24+/m1/s1. The van der Waals surface area contributed by atoms with Crippen LogP contribution < -0.4 is 4.74 Å². The lowest BCUT2D eigenvalue weighted by Gasteiger charge is -2.39. The Hall–Kier alpha value is -2.70. The van der Waals surface area contributed by atoms with Crippen LogP contribution in [0, 0.1) is 5.82 Å². The van der Waals surface area contributed by atoms with E-state index in [1.807, 2.05) is 35.2 Å². The SMILES string of the molecule is O=C(c1cccc2ncccc12)N1CCC[C@]2(C[C@@H](Oc3ccc(F)c(Cl)c3)CO2)C1. The van der Waals surface area contributed by atoms with Gasteiger partial charge in [0.2, 0.25) is 0 Å². The molecule has 0 radical (unpaired) electrons. The summed E-state index contributed by atoms with van der Waals surface area (Å²) >= 11 is 5.86. The molecule has 1 aromatic heterocycles. The monoisotopic (exact) mass is 440 g/mol. The molecule has 2 saturated heterocycles. The molecule has 1 spiro atoms. The molecule has 5 rings (SSSR count). The summed E-state index contributed by atoms with van der Waals surface area (Å²) < 4.78 is 25.6. The van der Waals surface area contributed by atoms with Gasteiger partial charge in [0, 0.05) is 36.2 Å². The minimum absolute atomic E-state index is 0.00374. The number of piperidine rings is 1. The fraction of sp³-hybridized carbons (Fsp3) is 0.333. The molecule has 3 heterocycles. The van der Waals surface area contributed by atoms with Crippen molar-refractivity contribution in [3.05, 3.63) is 71.1 Å². The molecule has 1 amide bonds. The molecule has 5 nitrogen and oxygen atoms in total. The maximum absolute atomic E-state index is 13.4. The van der Waals surface area contributed by atoms with E-state index in [4.69, 9.17) is 21.1 Å². The molecule has 3 aromatic rings. The first-order valence-electron chi connectivity index (χ1n) is 10.4. The number of carbonyl (C=O) groups excluding carboxylic acids is 1. The molecule has 2 aliphatic heterocycles. The lowest BCUT2D eigenvalue weighted by molar-refractivity contribution is -0.0453. The molecule has 2 fully saturated rings. The number of amides is 1. The molecule has 0 N–H and O–H groups in total. The van der Waals surface area contributed by atoms with Crippen molar-refractivity contribution in [3.8, 4) is 5.75 Å². The Labute approximate surface area is 184 Å². The van der Waals surface area contributed by atoms with Gasteiger partial charge in [-0.15, -0.1) is 0 Å². The van der Waals surface area contributed by atoms with Crippen molar-refractivity contribution in [1.29, 1.82) is 0 Å². The molecule has 7 heteroatoms. The van der Waals surface area contributed by atoms with E-state index >= 15 is 0 Å². The molecule has 2 aromatic carbocycles. The van der Waals surface area contributed by atoms with Gasteiger partial charge in [-0.3, -0.25) is 9.78 Å². The van der Waals surface area contributed by atoms with Gasteiger partial charge in [-0.25, -0.2) is 4.39 Å². The van der Waals surface area contributed by atoms with Crippen LogP contribution in [0.4, 0.5) is 4.39 Å². The normalized spacial score (nSPS) is 23.4. The number of likely N-dealkylation sites (tertiary alicyclic amines) is 1. The molecule has 0 saturated carbocycles. The number of nitrogens with zero attached hydrogens (tertiary/aromatic N) is 2. The number of hydrogen-bond donors (Lipinski definition) is 0. The van der Waals surface area contributed by atoms with Crippen molar-refractivity contribution in [2.24, 2.45) is 0 Å². The second-order valence-corrected chi connectivity index (χ2v) is 8.63. The third-order valence-electron chi connectivity index (χ3n) is 6.07. The Kier molecular flexibility index (Phi) is 5.28. The first-order chi connectivity index (χ1) is 15.0. The van der Waals surface area contributed by atoms with Crippen molar-refractivity contribution in [3.63, 3.8) is 0 Å². The van der Waals surface area contributed by atoms with Crippen LogP contribution in [0.2, 0.25) is 5.02 Å². The van der Waals surface area contributed by atoms with Crippen LogP contribution in [0.15, 0.2) is 54.7 Å². The van der Waals surface area contributed by atoms with Crippen LogP contribution in [0.25, 0.3) is 10.9 Å². The smallest absolute Gasteiger partial charge is 0.254 e. The lowest BCUT2D eigenvalue weighted by Crippen LogP contribution is -2.50. The third-order valence-corrected chi connectivity index (χ3v) is 6.36. The number of ether oxygens (including phenoxy) is 2. The summed E-state index contributed by atoms with van der Waals surface area (Å²) in [7, 11) is 0. The number of halogens is 2. The van der Waals surface area contributed by atoms with Crippen molar-refractivity contribution in [2.45, 2.75) is 31.0 Å². The van der Waals surface area contributed by atoms with E-state index in [-0.39, 0.29) is 17.0 Å². The fourth-order valence-corrected chi connectivity index (χ4v) is 4.81. The Morgan fingerprint density at radius 2 is 2.16 bits per heavy atom. The number of hydrogen-bond acceptors (Lipinski definition) is 4. The van der Waals surface area contributed by atoms with E-state index < -0.39 is 11.4 Å². The van der Waals surface area contributed by atoms with Gasteiger partial charge in [0.05, 0.1) is 29.3 Å². The summed E-state index contributed by atoms with van der Waals surface area (Å²) in [6.07, 6.45) is 3.97. The van der Waals surface area contributed by atoms with Crippen molar-refractivity contribution >= 4 is 28.4 Å². The van der Waals surface area contributed by atoms with E-state index in [2.05, 4.69) is 4.98 Å². The zero-order chi connectivity index (χ0) is 21.4. The number of rotatable bonds is 3. The number of fused-ring (bicyclic) bond motifs is 1. The van der Waals surface area contributed by atoms with Gasteiger partial charge in [0.15, 0.2) is 0 Å². The number of carbonyl (C=O) groups is 1. The summed E-state index contributed by atoms with van der Waals surface area (Å²) in [5.41, 5.74) is 1.05. The Morgan fingerprint density at radius 3 is 3.03 bits per heavy atom. The topological polar surface area (TPSA) is 51.7 Å². The first kappa shape index (κ1) is 20.2. The fourth-order valence-electron chi connectivity index (χ4n) is 4.64. The molecular weight excluding hydrogens is 419 g/mol. The van der Waals surface area contributed by atoms with Gasteiger partial charge in [0.25, 0.3) is 5.91 Å². The van der Waals surface area contributed by atoms with Crippen LogP contribution in [0.1, 0.15) is 29.6 Å². The Bertz CT molecular complexity index is 1140. The van der Waals surface area contributed by atoms with Gasteiger partial charge in [-0.2, -0.15) is 0 Å². The maximum atomic E-state index is 13.4. The number of benzene rings is 2. The van der Waals surface area contributed by atoms with E-state index in [9.17, 15) is 9.18 Å². The highest BCUT2D eigenvalue weighted by Gasteiger charge is 2.45. The van der Waals surface area contributed by atoms with Crippen molar-refractivity contribution in [2.75, 3.05) is 19.7 Å². The van der Waals surface area contributed by atoms with E-state index in [0.29, 0.717) is 37.4 Å². The van der Waals surface area contributed by atoms with Crippen LogP contribution in [-0.4, -0.2) is 47.2 Å². The van der Waals surface area contributed by atoms with Gasteiger partial charge >= 0.3 is 0 Å². The highest BCUT2D eigenvalue weighted by Crippen LogP contribution is 2.37. The molecule has 0 unspecified atom stereocenters. The Morgan fingerprint density at radius 1 is 1.26 bits per heavy atom. The van der Waals surface area contributed by atoms with Crippen LogP contribution in [0.3, 0.4) is 0 Å². The van der Waals surface area contributed by atoms with E-state index in [1.54, 1.807) is 12.3 Å². The summed E-state index contributed by atoms with van der Waals surface area (Å²) in [5, 5.41) is 0.890. The largest absolute Gasteiger partial charge is 0.488 e. The zero-order valence-electron chi connectivity index (χ0n) is 16.9. The van der Waals surface area contributed by atoms with Crippen LogP contribution in [0.5, 0.6) is 5.75 Å². The predicted octanol–water partition coefficient (Wildman–Crippen LogP) is 4.87. The van der Waals surface area contributed by atoms with Crippen LogP contribution >= 0.6 is 11.6 Å². The van der Waals surface area contributed by atoms with Gasteiger partial charge < -0.3 is 14.4 Å². The minimum Gasteiger partial charge on any atom is -0.488 e. The summed E-state index contributed by atoms with van der Waals surface area (Å²) in [6.45, 7) is 1.64. The number of pyridine rings is 1. The highest BCUT2D eigenvalue weighted by atomic mass is 35.5. The lowest BCUT2D eigenvalue weighted by atomic mass is 9.88. The molecule has 2 aliphatic rings. The van der Waals surface area contributed by atoms with Gasteiger partial charge in [-0.05, 0) is 43.2 Å². The quantitative estimate of drug-likeness (QED) is 0.583. The Balaban J connectivity index is 1.31. The maximum Gasteiger partial charge on any atom is 0.254 e. The zero-order valence-corrected chi connectivity index (χ0v) is 17.6. The second-order valence-electron chi connectivity index (χ2n) is 8.22. The average molecular weight is 441 g/mol. The first-order valence-corrected chi connectivity index (χ1v) is 10.8. The summed E-state index contributed by atoms with van der Waals surface area (Å²) in [4.78, 5) is 19.6. The number of aromatic nitrogens is 1. The van der Waals surface area contributed by atoms with Gasteiger partial charge in [0.1, 0.15) is 17.7 Å². The molecule has 2 atom stereocenters. The van der Waals surface area contributed by atoms with Crippen molar-refractivity contribution in [1.82, 2.24) is 9.88 Å². The van der Waals surface area contributed by atoms with Crippen LogP contribution in [-0.2, 0) is 4.74 Å². The average Bonchev–Trinajstić information content (AvgIpc) is 3.16. The molecule has 0 aliphatic carbocycles. The van der Waals surface area contributed by atoms with E-state index in [0.717, 1.165) is 23.7 Å². The molecular formula is C24H22ClFN2O3. The molecule has 160 valence electrons. The third kappa shape index (κ3) is 3.98.